The predicted octanol–water partition coefficient (Wildman–Crippen LogP) is 2.99. The monoisotopic (exact) mass is 255 g/mol. The Balaban J connectivity index is 2.24. The first kappa shape index (κ1) is 13.3. The molecular weight excluding hydrogens is 238 g/mol. The molecule has 0 spiro atoms. The summed E-state index contributed by atoms with van der Waals surface area (Å²) >= 11 is 0. The summed E-state index contributed by atoms with van der Waals surface area (Å²) < 4.78 is 4.95. The Bertz CT molecular complexity index is 561. The van der Waals surface area contributed by atoms with Crippen molar-refractivity contribution in [1.82, 2.24) is 0 Å². The van der Waals surface area contributed by atoms with Gasteiger partial charge in [-0.1, -0.05) is 30.3 Å². The SMILES string of the molecule is CCOC(=O)c1ccc(-c2cccc(CN)c2)cc1. The standard InChI is InChI=1S/C16H17NO2/c1-2-19-16(18)14-8-6-13(7-9-14)15-5-3-4-12(10-15)11-17/h3-10H,2,11,17H2,1H3. The summed E-state index contributed by atoms with van der Waals surface area (Å²) in [5.74, 6) is -0.287. The van der Waals surface area contributed by atoms with E-state index >= 15 is 0 Å². The Hall–Kier alpha value is -2.13. The molecule has 3 nitrogen and oxygen atoms in total. The van der Waals surface area contributed by atoms with Gasteiger partial charge in [0.2, 0.25) is 0 Å². The summed E-state index contributed by atoms with van der Waals surface area (Å²) in [6.07, 6.45) is 0. The van der Waals surface area contributed by atoms with Gasteiger partial charge in [-0.15, -0.1) is 0 Å². The van der Waals surface area contributed by atoms with Crippen LogP contribution in [0.2, 0.25) is 0 Å². The van der Waals surface area contributed by atoms with Crippen molar-refractivity contribution in [2.75, 3.05) is 6.61 Å². The average Bonchev–Trinajstić information content (AvgIpc) is 2.48. The summed E-state index contributed by atoms with van der Waals surface area (Å²) in [5.41, 5.74) is 9.45. The summed E-state index contributed by atoms with van der Waals surface area (Å²) in [6, 6.07) is 15.5. The van der Waals surface area contributed by atoms with Gasteiger partial charge in [0, 0.05) is 6.54 Å². The van der Waals surface area contributed by atoms with Gasteiger partial charge in [0.25, 0.3) is 0 Å². The van der Waals surface area contributed by atoms with Crippen LogP contribution in [0.25, 0.3) is 11.1 Å². The van der Waals surface area contributed by atoms with Gasteiger partial charge in [0.05, 0.1) is 12.2 Å². The van der Waals surface area contributed by atoms with Crippen molar-refractivity contribution < 1.29 is 9.53 Å². The summed E-state index contributed by atoms with van der Waals surface area (Å²) in [6.45, 7) is 2.71. The van der Waals surface area contributed by atoms with Crippen LogP contribution in [-0.4, -0.2) is 12.6 Å². The molecule has 0 fully saturated rings. The lowest BCUT2D eigenvalue weighted by Crippen LogP contribution is -2.04. The van der Waals surface area contributed by atoms with Crippen molar-refractivity contribution in [1.29, 1.82) is 0 Å². The van der Waals surface area contributed by atoms with Crippen LogP contribution in [0.3, 0.4) is 0 Å². The Labute approximate surface area is 113 Å². The second kappa shape index (κ2) is 6.16. The van der Waals surface area contributed by atoms with E-state index in [4.69, 9.17) is 10.5 Å². The number of benzene rings is 2. The Kier molecular flexibility index (Phi) is 4.31. The minimum absolute atomic E-state index is 0.287. The van der Waals surface area contributed by atoms with E-state index in [1.807, 2.05) is 30.3 Å². The van der Waals surface area contributed by atoms with Crippen LogP contribution in [0.5, 0.6) is 0 Å². The zero-order valence-electron chi connectivity index (χ0n) is 10.9. The molecule has 0 aliphatic heterocycles. The maximum absolute atomic E-state index is 11.6. The first-order valence-corrected chi connectivity index (χ1v) is 6.31. The van der Waals surface area contributed by atoms with E-state index in [1.54, 1.807) is 19.1 Å². The van der Waals surface area contributed by atoms with Crippen molar-refractivity contribution in [3.63, 3.8) is 0 Å². The minimum atomic E-state index is -0.287. The fourth-order valence-corrected chi connectivity index (χ4v) is 1.89. The average molecular weight is 255 g/mol. The second-order valence-electron chi connectivity index (χ2n) is 4.20. The van der Waals surface area contributed by atoms with Crippen molar-refractivity contribution >= 4 is 5.97 Å². The van der Waals surface area contributed by atoms with Crippen molar-refractivity contribution in [3.8, 4) is 11.1 Å². The molecule has 0 saturated heterocycles. The Morgan fingerprint density at radius 1 is 1.11 bits per heavy atom. The highest BCUT2D eigenvalue weighted by molar-refractivity contribution is 5.90. The van der Waals surface area contributed by atoms with Crippen LogP contribution in [0.4, 0.5) is 0 Å². The van der Waals surface area contributed by atoms with Crippen LogP contribution >= 0.6 is 0 Å². The Morgan fingerprint density at radius 2 is 1.84 bits per heavy atom. The van der Waals surface area contributed by atoms with Crippen LogP contribution < -0.4 is 5.73 Å². The van der Waals surface area contributed by atoms with E-state index in [9.17, 15) is 4.79 Å². The van der Waals surface area contributed by atoms with Gasteiger partial charge in [0.15, 0.2) is 0 Å². The van der Waals surface area contributed by atoms with Gasteiger partial charge in [-0.3, -0.25) is 0 Å². The molecule has 2 rings (SSSR count). The van der Waals surface area contributed by atoms with E-state index in [0.29, 0.717) is 18.7 Å². The number of esters is 1. The van der Waals surface area contributed by atoms with Gasteiger partial charge in [-0.25, -0.2) is 4.79 Å². The van der Waals surface area contributed by atoms with Crippen molar-refractivity contribution in [2.45, 2.75) is 13.5 Å². The molecule has 0 aliphatic rings. The molecule has 2 aromatic rings. The second-order valence-corrected chi connectivity index (χ2v) is 4.20. The summed E-state index contributed by atoms with van der Waals surface area (Å²) in [7, 11) is 0. The molecule has 98 valence electrons. The highest BCUT2D eigenvalue weighted by Gasteiger charge is 2.06. The zero-order chi connectivity index (χ0) is 13.7. The smallest absolute Gasteiger partial charge is 0.338 e. The fourth-order valence-electron chi connectivity index (χ4n) is 1.89. The molecule has 2 N–H and O–H groups in total. The van der Waals surface area contributed by atoms with Crippen LogP contribution in [-0.2, 0) is 11.3 Å². The number of rotatable bonds is 4. The lowest BCUT2D eigenvalue weighted by atomic mass is 10.0. The molecule has 0 atom stereocenters. The van der Waals surface area contributed by atoms with E-state index < -0.39 is 0 Å². The first-order valence-electron chi connectivity index (χ1n) is 6.31. The molecule has 0 heterocycles. The summed E-state index contributed by atoms with van der Waals surface area (Å²) in [4.78, 5) is 11.6. The van der Waals surface area contributed by atoms with E-state index in [0.717, 1.165) is 16.7 Å². The van der Waals surface area contributed by atoms with E-state index in [2.05, 4.69) is 6.07 Å². The first-order chi connectivity index (χ1) is 9.24. The van der Waals surface area contributed by atoms with Crippen molar-refractivity contribution in [3.05, 3.63) is 59.7 Å². The van der Waals surface area contributed by atoms with E-state index in [-0.39, 0.29) is 5.97 Å². The van der Waals surface area contributed by atoms with Crippen LogP contribution in [0.15, 0.2) is 48.5 Å². The van der Waals surface area contributed by atoms with Gasteiger partial charge >= 0.3 is 5.97 Å². The number of hydrogen-bond acceptors (Lipinski definition) is 3. The molecule has 0 saturated carbocycles. The normalized spacial score (nSPS) is 10.2. The third kappa shape index (κ3) is 3.20. The quantitative estimate of drug-likeness (QED) is 0.854. The molecule has 0 radical (unpaired) electrons. The number of carbonyl (C=O) groups excluding carboxylic acids is 1. The Morgan fingerprint density at radius 3 is 2.47 bits per heavy atom. The largest absolute Gasteiger partial charge is 0.462 e. The fraction of sp³-hybridized carbons (Fsp3) is 0.188. The number of hydrogen-bond donors (Lipinski definition) is 1. The minimum Gasteiger partial charge on any atom is -0.462 e. The predicted molar refractivity (Wildman–Crippen MR) is 75.7 cm³/mol. The molecule has 0 unspecified atom stereocenters. The lowest BCUT2D eigenvalue weighted by molar-refractivity contribution is 0.0526. The zero-order valence-corrected chi connectivity index (χ0v) is 10.9. The molecule has 0 aromatic heterocycles. The number of nitrogens with two attached hydrogens (primary N) is 1. The molecule has 0 amide bonds. The highest BCUT2D eigenvalue weighted by atomic mass is 16.5. The topological polar surface area (TPSA) is 52.3 Å². The van der Waals surface area contributed by atoms with Gasteiger partial charge in [-0.2, -0.15) is 0 Å². The van der Waals surface area contributed by atoms with Gasteiger partial charge in [0.1, 0.15) is 0 Å². The third-order valence-corrected chi connectivity index (χ3v) is 2.89. The van der Waals surface area contributed by atoms with Crippen LogP contribution in [0.1, 0.15) is 22.8 Å². The van der Waals surface area contributed by atoms with Crippen LogP contribution in [0, 0.1) is 0 Å². The maximum atomic E-state index is 11.6. The molecule has 3 heteroatoms. The lowest BCUT2D eigenvalue weighted by Gasteiger charge is -2.06. The third-order valence-electron chi connectivity index (χ3n) is 2.89. The van der Waals surface area contributed by atoms with Gasteiger partial charge in [-0.05, 0) is 41.8 Å². The highest BCUT2D eigenvalue weighted by Crippen LogP contribution is 2.21. The van der Waals surface area contributed by atoms with E-state index in [1.165, 1.54) is 0 Å². The molecule has 19 heavy (non-hydrogen) atoms. The molecule has 2 aromatic carbocycles. The van der Waals surface area contributed by atoms with Crippen molar-refractivity contribution in [2.24, 2.45) is 5.73 Å². The number of ether oxygens (including phenoxy) is 1. The van der Waals surface area contributed by atoms with Gasteiger partial charge < -0.3 is 10.5 Å². The molecular formula is C16H17NO2. The summed E-state index contributed by atoms with van der Waals surface area (Å²) in [5, 5.41) is 0. The maximum Gasteiger partial charge on any atom is 0.338 e. The number of carbonyl (C=O) groups is 1. The molecule has 0 aliphatic carbocycles. The molecule has 0 bridgehead atoms.